The molecule has 0 radical (unpaired) electrons. The number of carbonyl (C=O) groups excluding carboxylic acids is 1. The summed E-state index contributed by atoms with van der Waals surface area (Å²) in [5, 5.41) is 2.95. The minimum absolute atomic E-state index is 0.0554. The molecule has 0 aromatic heterocycles. The van der Waals surface area contributed by atoms with Crippen molar-refractivity contribution >= 4 is 17.0 Å². The first-order valence-electron chi connectivity index (χ1n) is 8.30. The average molecular weight is 325 g/mol. The maximum atomic E-state index is 12.0. The van der Waals surface area contributed by atoms with Crippen molar-refractivity contribution < 1.29 is 4.79 Å². The van der Waals surface area contributed by atoms with Crippen molar-refractivity contribution in [1.82, 2.24) is 9.80 Å². The molecule has 0 aliphatic carbocycles. The largest absolute Gasteiger partial charge is 0.369 e. The van der Waals surface area contributed by atoms with E-state index in [-0.39, 0.29) is 11.5 Å². The number of ketones is 1. The Labute approximate surface area is 142 Å². The molecule has 1 aromatic rings. The topological polar surface area (TPSA) is 53.0 Å². The number of nitrogens with zero attached hydrogens (tertiary/aromatic N) is 3. The third-order valence-corrected chi connectivity index (χ3v) is 4.77. The lowest BCUT2D eigenvalue weighted by atomic mass is 9.94. The Hall–Kier alpha value is -2.27. The second-order valence-electron chi connectivity index (χ2n) is 6.83. The molecule has 2 heterocycles. The highest BCUT2D eigenvalue weighted by molar-refractivity contribution is 6.01. The Bertz CT molecular complexity index is 736. The molecule has 3 rings (SSSR count). The number of Topliss-reactive ketones (excluding diaryl/α,β-unsaturated/α-hetero) is 1. The highest BCUT2D eigenvalue weighted by Gasteiger charge is 2.26. The van der Waals surface area contributed by atoms with Gasteiger partial charge in [0.05, 0.1) is 0 Å². The van der Waals surface area contributed by atoms with E-state index in [0.717, 1.165) is 37.2 Å². The molecular formula is C19H23N3O2. The Morgan fingerprint density at radius 1 is 1.33 bits per heavy atom. The van der Waals surface area contributed by atoms with Crippen LogP contribution in [0.2, 0.25) is 0 Å². The summed E-state index contributed by atoms with van der Waals surface area (Å²) in [4.78, 5) is 27.5. The van der Waals surface area contributed by atoms with E-state index in [1.165, 1.54) is 12.5 Å². The molecule has 1 saturated heterocycles. The van der Waals surface area contributed by atoms with Gasteiger partial charge in [-0.05, 0) is 62.3 Å². The van der Waals surface area contributed by atoms with Gasteiger partial charge in [0, 0.05) is 30.9 Å². The lowest BCUT2D eigenvalue weighted by molar-refractivity contribution is 0.101. The van der Waals surface area contributed by atoms with Crippen LogP contribution in [0.1, 0.15) is 36.2 Å². The van der Waals surface area contributed by atoms with Gasteiger partial charge in [-0.1, -0.05) is 17.7 Å². The van der Waals surface area contributed by atoms with E-state index in [9.17, 15) is 9.70 Å². The summed E-state index contributed by atoms with van der Waals surface area (Å²) in [6.07, 6.45) is 5.44. The highest BCUT2D eigenvalue weighted by atomic mass is 16.3. The average Bonchev–Trinajstić information content (AvgIpc) is 3.00. The fourth-order valence-electron chi connectivity index (χ4n) is 3.56. The van der Waals surface area contributed by atoms with Crippen molar-refractivity contribution in [2.45, 2.75) is 26.3 Å². The number of hydrogen-bond acceptors (Lipinski definition) is 5. The summed E-state index contributed by atoms with van der Waals surface area (Å²) in [5.74, 6) is -0.0554. The predicted octanol–water partition coefficient (Wildman–Crippen LogP) is 3.59. The molecule has 1 atom stereocenters. The summed E-state index contributed by atoms with van der Waals surface area (Å²) >= 11 is 0. The quantitative estimate of drug-likeness (QED) is 0.627. The molecule has 1 fully saturated rings. The maximum Gasteiger partial charge on any atom is 0.160 e. The second kappa shape index (κ2) is 6.69. The van der Waals surface area contributed by atoms with Gasteiger partial charge in [0.2, 0.25) is 0 Å². The van der Waals surface area contributed by atoms with Crippen molar-refractivity contribution in [2.75, 3.05) is 26.7 Å². The van der Waals surface area contributed by atoms with E-state index < -0.39 is 0 Å². The molecule has 2 aliphatic heterocycles. The molecule has 0 amide bonds. The summed E-state index contributed by atoms with van der Waals surface area (Å²) in [6, 6.07) is 5.58. The van der Waals surface area contributed by atoms with E-state index in [2.05, 4.69) is 41.2 Å². The number of carbonyl (C=O) groups is 1. The van der Waals surface area contributed by atoms with Gasteiger partial charge in [-0.3, -0.25) is 4.79 Å². The Morgan fingerprint density at radius 3 is 2.75 bits per heavy atom. The lowest BCUT2D eigenvalue weighted by Crippen LogP contribution is -2.35. The normalized spacial score (nSPS) is 21.5. The van der Waals surface area contributed by atoms with E-state index in [0.29, 0.717) is 11.6 Å². The minimum Gasteiger partial charge on any atom is -0.369 e. The van der Waals surface area contributed by atoms with Crippen molar-refractivity contribution in [1.29, 1.82) is 0 Å². The van der Waals surface area contributed by atoms with Gasteiger partial charge < -0.3 is 9.80 Å². The van der Waals surface area contributed by atoms with Crippen LogP contribution in [0.3, 0.4) is 0 Å². The van der Waals surface area contributed by atoms with Crippen LogP contribution in [-0.2, 0) is 0 Å². The van der Waals surface area contributed by atoms with Crippen LogP contribution in [0.15, 0.2) is 41.2 Å². The van der Waals surface area contributed by atoms with Gasteiger partial charge in [-0.2, -0.15) is 0 Å². The number of likely N-dealkylation sites (tertiary alicyclic amines) is 1. The number of rotatable bonds is 4. The number of benzene rings is 1. The summed E-state index contributed by atoms with van der Waals surface area (Å²) in [5.41, 5.74) is 4.00. The van der Waals surface area contributed by atoms with Crippen LogP contribution in [-0.4, -0.2) is 48.3 Å². The smallest absolute Gasteiger partial charge is 0.160 e. The molecule has 5 nitrogen and oxygen atoms in total. The van der Waals surface area contributed by atoms with Gasteiger partial charge >= 0.3 is 0 Å². The number of allylic oxidation sites excluding steroid dienone is 2. The standard InChI is InChI=1S/C19H23N3O2/c1-13-8-15(11-22(10-13)17-6-7-21(3)12-17)18-5-4-16(20-24)9-19(18)14(2)23/h4-5,8-9,11,17H,6-7,10,12H2,1-3H3/t17-/m1/s1. The molecule has 1 aromatic carbocycles. The van der Waals surface area contributed by atoms with E-state index in [4.69, 9.17) is 0 Å². The third kappa shape index (κ3) is 3.31. The van der Waals surface area contributed by atoms with Gasteiger partial charge in [-0.15, -0.1) is 4.91 Å². The zero-order chi connectivity index (χ0) is 17.3. The molecule has 0 N–H and O–H groups in total. The van der Waals surface area contributed by atoms with Crippen LogP contribution >= 0.6 is 0 Å². The van der Waals surface area contributed by atoms with Crippen molar-refractivity contribution in [3.8, 4) is 0 Å². The van der Waals surface area contributed by atoms with Gasteiger partial charge in [-0.25, -0.2) is 0 Å². The maximum absolute atomic E-state index is 12.0. The highest BCUT2D eigenvalue weighted by Crippen LogP contribution is 2.30. The Balaban J connectivity index is 1.99. The predicted molar refractivity (Wildman–Crippen MR) is 96.2 cm³/mol. The van der Waals surface area contributed by atoms with Crippen LogP contribution in [0.5, 0.6) is 0 Å². The fourth-order valence-corrected chi connectivity index (χ4v) is 3.56. The molecule has 5 heteroatoms. The van der Waals surface area contributed by atoms with E-state index in [1.807, 2.05) is 6.07 Å². The lowest BCUT2D eigenvalue weighted by Gasteiger charge is -2.32. The molecule has 0 bridgehead atoms. The van der Waals surface area contributed by atoms with Crippen LogP contribution in [0.25, 0.3) is 5.57 Å². The number of nitroso groups, excluding NO2 is 1. The first kappa shape index (κ1) is 16.6. The summed E-state index contributed by atoms with van der Waals surface area (Å²) in [7, 11) is 2.15. The van der Waals surface area contributed by atoms with Gasteiger partial charge in [0.15, 0.2) is 5.78 Å². The molecule has 24 heavy (non-hydrogen) atoms. The second-order valence-corrected chi connectivity index (χ2v) is 6.83. The van der Waals surface area contributed by atoms with Crippen LogP contribution in [0, 0.1) is 4.91 Å². The van der Waals surface area contributed by atoms with E-state index in [1.54, 1.807) is 12.1 Å². The van der Waals surface area contributed by atoms with Gasteiger partial charge in [0.1, 0.15) is 5.69 Å². The van der Waals surface area contributed by atoms with Crippen LogP contribution < -0.4 is 0 Å². The summed E-state index contributed by atoms with van der Waals surface area (Å²) < 4.78 is 0. The fraction of sp³-hybridized carbons (Fsp3) is 0.421. The van der Waals surface area contributed by atoms with Crippen molar-refractivity contribution in [2.24, 2.45) is 5.18 Å². The first-order chi connectivity index (χ1) is 11.5. The van der Waals surface area contributed by atoms with Crippen molar-refractivity contribution in [3.63, 3.8) is 0 Å². The molecule has 2 aliphatic rings. The Kier molecular flexibility index (Phi) is 4.62. The first-order valence-corrected chi connectivity index (χ1v) is 8.30. The van der Waals surface area contributed by atoms with Crippen molar-refractivity contribution in [3.05, 3.63) is 52.1 Å². The molecule has 0 spiro atoms. The molecule has 0 unspecified atom stereocenters. The van der Waals surface area contributed by atoms with Crippen LogP contribution in [0.4, 0.5) is 5.69 Å². The third-order valence-electron chi connectivity index (χ3n) is 4.77. The van der Waals surface area contributed by atoms with E-state index >= 15 is 0 Å². The zero-order valence-corrected chi connectivity index (χ0v) is 14.5. The molecule has 126 valence electrons. The number of hydrogen-bond donors (Lipinski definition) is 0. The summed E-state index contributed by atoms with van der Waals surface area (Å²) in [6.45, 7) is 6.74. The Morgan fingerprint density at radius 2 is 2.12 bits per heavy atom. The SMILES string of the molecule is CC(=O)c1cc(N=O)ccc1C1=CN([C@@H]2CCN(C)C2)CC(C)=C1. The molecular weight excluding hydrogens is 302 g/mol. The minimum atomic E-state index is -0.0554. The monoisotopic (exact) mass is 325 g/mol. The zero-order valence-electron chi connectivity index (χ0n) is 14.5. The molecule has 0 saturated carbocycles. The number of likely N-dealkylation sites (N-methyl/N-ethyl adjacent to an activating group) is 1. The van der Waals surface area contributed by atoms with Gasteiger partial charge in [0.25, 0.3) is 0 Å².